The maximum Gasteiger partial charge on any atom is 0.421 e. The van der Waals surface area contributed by atoms with Gasteiger partial charge in [0.1, 0.15) is 28.7 Å². The highest BCUT2D eigenvalue weighted by molar-refractivity contribution is 5.81. The van der Waals surface area contributed by atoms with Crippen LogP contribution in [0.4, 0.5) is 18.0 Å². The van der Waals surface area contributed by atoms with Crippen molar-refractivity contribution in [2.45, 2.75) is 76.0 Å². The average molecular weight is 820 g/mol. The molecule has 5 aromatic carbocycles. The van der Waals surface area contributed by atoms with Crippen LogP contribution in [0, 0.1) is 0 Å². The number of likely N-dealkylation sites (tertiary alicyclic amines) is 1. The van der Waals surface area contributed by atoms with Crippen molar-refractivity contribution < 1.29 is 36.6 Å². The number of oxazole rings is 1. The van der Waals surface area contributed by atoms with E-state index < -0.39 is 47.8 Å². The number of rotatable bonds is 9. The Hall–Kier alpha value is -6.01. The van der Waals surface area contributed by atoms with Crippen LogP contribution in [0.15, 0.2) is 131 Å². The van der Waals surface area contributed by atoms with Gasteiger partial charge >= 0.3 is 18.0 Å². The minimum absolute atomic E-state index is 0.195. The second-order valence-corrected chi connectivity index (χ2v) is 16.6. The van der Waals surface area contributed by atoms with Crippen LogP contribution >= 0.6 is 0 Å². The number of aromatic nitrogens is 1. The van der Waals surface area contributed by atoms with Crippen molar-refractivity contribution in [3.05, 3.63) is 165 Å². The number of ether oxygens (including phenoxy) is 3. The van der Waals surface area contributed by atoms with Crippen LogP contribution in [0.3, 0.4) is 0 Å². The summed E-state index contributed by atoms with van der Waals surface area (Å²) in [6.07, 6.45) is -4.47. The van der Waals surface area contributed by atoms with E-state index in [1.807, 2.05) is 118 Å². The Kier molecular flexibility index (Phi) is 10.8. The Morgan fingerprint density at radius 1 is 0.817 bits per heavy atom. The Morgan fingerprint density at radius 3 is 1.95 bits per heavy atom. The zero-order valence-electron chi connectivity index (χ0n) is 34.2. The lowest BCUT2D eigenvalue weighted by atomic mass is 9.76. The molecule has 6 aromatic rings. The molecule has 0 spiro atoms. The van der Waals surface area contributed by atoms with Gasteiger partial charge in [-0.15, -0.1) is 0 Å². The van der Waals surface area contributed by atoms with Crippen LogP contribution in [0.1, 0.15) is 73.5 Å². The first-order valence-corrected chi connectivity index (χ1v) is 20.2. The smallest absolute Gasteiger partial charge is 0.421 e. The maximum atomic E-state index is 14.6. The van der Waals surface area contributed by atoms with Gasteiger partial charge in [0.2, 0.25) is 0 Å². The fourth-order valence-electron chi connectivity index (χ4n) is 9.01. The summed E-state index contributed by atoms with van der Waals surface area (Å²) < 4.78 is 69.1. The second-order valence-electron chi connectivity index (χ2n) is 16.6. The lowest BCUT2D eigenvalue weighted by Gasteiger charge is -2.43. The number of nitrogens with zero attached hydrogens (tertiary/aromatic N) is 3. The molecule has 1 fully saturated rings. The van der Waals surface area contributed by atoms with Crippen molar-refractivity contribution in [1.29, 1.82) is 0 Å². The van der Waals surface area contributed by atoms with Crippen LogP contribution in [0.2, 0.25) is 0 Å². The third kappa shape index (κ3) is 7.64. The van der Waals surface area contributed by atoms with E-state index in [-0.39, 0.29) is 12.5 Å². The van der Waals surface area contributed by atoms with Gasteiger partial charge in [0.15, 0.2) is 5.58 Å². The van der Waals surface area contributed by atoms with Gasteiger partial charge in [0.05, 0.1) is 31.8 Å². The Morgan fingerprint density at radius 2 is 1.40 bits per heavy atom. The van der Waals surface area contributed by atoms with Gasteiger partial charge in [-0.1, -0.05) is 97.1 Å². The van der Waals surface area contributed by atoms with Crippen molar-refractivity contribution in [3.63, 3.8) is 0 Å². The van der Waals surface area contributed by atoms with Gasteiger partial charge in [-0.05, 0) is 74.6 Å². The Bertz CT molecular complexity index is 2440. The van der Waals surface area contributed by atoms with E-state index in [0.717, 1.165) is 16.7 Å². The molecule has 9 nitrogen and oxygen atoms in total. The van der Waals surface area contributed by atoms with Crippen LogP contribution < -0.4 is 15.2 Å². The molecule has 1 amide bonds. The van der Waals surface area contributed by atoms with Crippen molar-refractivity contribution >= 4 is 17.2 Å². The number of fused-ring (bicyclic) bond motifs is 3. The van der Waals surface area contributed by atoms with Gasteiger partial charge in [0, 0.05) is 36.2 Å². The predicted octanol–water partition coefficient (Wildman–Crippen LogP) is 9.73. The van der Waals surface area contributed by atoms with Crippen LogP contribution in [0.5, 0.6) is 11.5 Å². The molecular formula is C48H48F3N3O6. The van der Waals surface area contributed by atoms with E-state index in [9.17, 15) is 22.8 Å². The molecule has 3 atom stereocenters. The van der Waals surface area contributed by atoms with Crippen LogP contribution in [-0.4, -0.2) is 71.1 Å². The van der Waals surface area contributed by atoms with Crippen LogP contribution in [0.25, 0.3) is 11.1 Å². The summed E-state index contributed by atoms with van der Waals surface area (Å²) in [5.41, 5.74) is 3.23. The molecule has 1 aromatic heterocycles. The molecule has 12 heteroatoms. The molecular weight excluding hydrogens is 772 g/mol. The van der Waals surface area contributed by atoms with Gasteiger partial charge in [-0.25, -0.2) is 9.59 Å². The van der Waals surface area contributed by atoms with Crippen molar-refractivity contribution in [1.82, 2.24) is 14.4 Å². The summed E-state index contributed by atoms with van der Waals surface area (Å²) in [6.45, 7) is 6.82. The third-order valence-electron chi connectivity index (χ3n) is 11.5. The number of benzene rings is 5. The lowest BCUT2D eigenvalue weighted by Crippen LogP contribution is -2.47. The zero-order valence-corrected chi connectivity index (χ0v) is 34.2. The van der Waals surface area contributed by atoms with Gasteiger partial charge in [0.25, 0.3) is 0 Å². The monoisotopic (exact) mass is 819 g/mol. The standard InChI is InChI=1S/C48H48F3N3O6/c1-31-27-39-37(42(53(31)30-47(49,50)51)38-22-21-35(28-41(38)57-5)58-36-25-26-52(29-36)44(55)60-46(2,3)4)23-24-40-43(39)59-45(56)54(40)48(32-15-9-6-10-16-32,33-17-11-7-12-18-33)34-19-13-8-14-20-34/h6-24,28,31,36,42H,25-27,29-30H2,1-5H3/t31-,36?,42+/m1/s1. The molecule has 1 unspecified atom stereocenters. The average Bonchev–Trinajstić information content (AvgIpc) is 3.83. The Balaban J connectivity index is 1.25. The highest BCUT2D eigenvalue weighted by atomic mass is 19.4. The summed E-state index contributed by atoms with van der Waals surface area (Å²) in [5, 5.41) is 0. The summed E-state index contributed by atoms with van der Waals surface area (Å²) in [7, 11) is 1.47. The molecule has 0 saturated carbocycles. The summed E-state index contributed by atoms with van der Waals surface area (Å²) >= 11 is 0. The first kappa shape index (κ1) is 40.8. The molecule has 8 rings (SSSR count). The molecule has 0 aliphatic carbocycles. The minimum atomic E-state index is -4.51. The Labute approximate surface area is 346 Å². The maximum absolute atomic E-state index is 14.6. The SMILES string of the molecule is COc1cc(OC2CCN(C(=O)OC(C)(C)C)C2)ccc1[C@@H]1c2ccc3c(oc(=O)n3C(c3ccccc3)(c3ccccc3)c3ccccc3)c2C[C@@H](C)N1CC(F)(F)F. The third-order valence-corrected chi connectivity index (χ3v) is 11.5. The highest BCUT2D eigenvalue weighted by Gasteiger charge is 2.45. The van der Waals surface area contributed by atoms with Crippen LogP contribution in [-0.2, 0) is 16.7 Å². The molecule has 1 saturated heterocycles. The number of halogens is 3. The number of amides is 1. The molecule has 3 heterocycles. The number of hydrogen-bond acceptors (Lipinski definition) is 7. The number of hydrogen-bond donors (Lipinski definition) is 0. The van der Waals surface area contributed by atoms with E-state index in [1.165, 1.54) is 12.0 Å². The molecule has 0 bridgehead atoms. The van der Waals surface area contributed by atoms with E-state index in [0.29, 0.717) is 58.8 Å². The first-order chi connectivity index (χ1) is 28.7. The molecule has 0 N–H and O–H groups in total. The van der Waals surface area contributed by atoms with E-state index in [4.69, 9.17) is 18.6 Å². The van der Waals surface area contributed by atoms with E-state index in [1.54, 1.807) is 40.7 Å². The summed E-state index contributed by atoms with van der Waals surface area (Å²) in [5.74, 6) is 0.186. The van der Waals surface area contributed by atoms with Gasteiger partial charge in [-0.2, -0.15) is 13.2 Å². The first-order valence-electron chi connectivity index (χ1n) is 20.2. The lowest BCUT2D eigenvalue weighted by molar-refractivity contribution is -0.155. The number of alkyl halides is 3. The summed E-state index contributed by atoms with van der Waals surface area (Å²) in [6, 6.07) is 36.5. The molecule has 2 aliphatic rings. The molecule has 60 heavy (non-hydrogen) atoms. The van der Waals surface area contributed by atoms with Crippen molar-refractivity contribution in [2.75, 3.05) is 26.7 Å². The second kappa shape index (κ2) is 15.9. The van der Waals surface area contributed by atoms with E-state index in [2.05, 4.69) is 0 Å². The van der Waals surface area contributed by atoms with Gasteiger partial charge < -0.3 is 23.5 Å². The molecule has 312 valence electrons. The predicted molar refractivity (Wildman–Crippen MR) is 223 cm³/mol. The van der Waals surface area contributed by atoms with Gasteiger partial charge in [-0.3, -0.25) is 9.47 Å². The highest BCUT2D eigenvalue weighted by Crippen LogP contribution is 2.47. The van der Waals surface area contributed by atoms with Crippen molar-refractivity contribution in [3.8, 4) is 11.5 Å². The fraction of sp³-hybridized carbons (Fsp3) is 0.333. The fourth-order valence-corrected chi connectivity index (χ4v) is 9.01. The molecule has 2 aliphatic heterocycles. The topological polar surface area (TPSA) is 86.4 Å². The quantitative estimate of drug-likeness (QED) is 0.134. The number of carbonyl (C=O) groups is 1. The minimum Gasteiger partial charge on any atom is -0.496 e. The van der Waals surface area contributed by atoms with Crippen molar-refractivity contribution in [2.24, 2.45) is 0 Å². The summed E-state index contributed by atoms with van der Waals surface area (Å²) in [4.78, 5) is 30.4. The molecule has 0 radical (unpaired) electrons. The number of methoxy groups -OCH3 is 1. The largest absolute Gasteiger partial charge is 0.496 e. The number of carbonyl (C=O) groups excluding carboxylic acids is 1. The van der Waals surface area contributed by atoms with E-state index >= 15 is 0 Å². The zero-order chi connectivity index (χ0) is 42.4. The normalized spacial score (nSPS) is 18.7.